The summed E-state index contributed by atoms with van der Waals surface area (Å²) in [6.07, 6.45) is 0. The first-order valence-corrected chi connectivity index (χ1v) is 6.36. The van der Waals surface area contributed by atoms with Gasteiger partial charge in [-0.2, -0.15) is 0 Å². The van der Waals surface area contributed by atoms with E-state index in [1.54, 1.807) is 19.2 Å². The van der Waals surface area contributed by atoms with Gasteiger partial charge in [-0.3, -0.25) is 0 Å². The quantitative estimate of drug-likeness (QED) is 0.880. The predicted octanol–water partition coefficient (Wildman–Crippen LogP) is 3.15. The maximum absolute atomic E-state index is 13.4. The second kappa shape index (κ2) is 5.92. The van der Waals surface area contributed by atoms with E-state index < -0.39 is 5.54 Å². The van der Waals surface area contributed by atoms with Crippen LogP contribution in [0.4, 0.5) is 10.1 Å². The molecule has 0 radical (unpaired) electrons. The molecule has 4 heteroatoms. The van der Waals surface area contributed by atoms with E-state index in [4.69, 9.17) is 4.74 Å². The summed E-state index contributed by atoms with van der Waals surface area (Å²) in [5.41, 5.74) is 0.710. The van der Waals surface area contributed by atoms with Crippen LogP contribution in [0.3, 0.4) is 0 Å². The molecule has 0 aliphatic rings. The number of hydrogen-bond acceptors (Lipinski definition) is 3. The summed E-state index contributed by atoms with van der Waals surface area (Å²) in [4.78, 5) is 0. The van der Waals surface area contributed by atoms with Crippen molar-refractivity contribution >= 4 is 5.69 Å². The van der Waals surface area contributed by atoms with Crippen LogP contribution in [-0.2, 0) is 5.54 Å². The lowest BCUT2D eigenvalue weighted by atomic mass is 9.92. The topological polar surface area (TPSA) is 41.5 Å². The Morgan fingerprint density at radius 2 is 1.95 bits per heavy atom. The number of rotatable bonds is 5. The van der Waals surface area contributed by atoms with E-state index in [1.165, 1.54) is 12.1 Å². The smallest absolute Gasteiger partial charge is 0.123 e. The third kappa shape index (κ3) is 3.08. The third-order valence-corrected chi connectivity index (χ3v) is 3.27. The minimum absolute atomic E-state index is 0.159. The highest BCUT2D eigenvalue weighted by Gasteiger charge is 2.26. The van der Waals surface area contributed by atoms with Crippen molar-refractivity contribution in [3.8, 4) is 5.75 Å². The minimum atomic E-state index is -0.769. The zero-order valence-corrected chi connectivity index (χ0v) is 11.6. The maximum atomic E-state index is 13.4. The second-order valence-electron chi connectivity index (χ2n) is 4.86. The van der Waals surface area contributed by atoms with Gasteiger partial charge >= 0.3 is 0 Å². The van der Waals surface area contributed by atoms with Crippen molar-refractivity contribution in [3.05, 3.63) is 59.9 Å². The predicted molar refractivity (Wildman–Crippen MR) is 77.5 cm³/mol. The first-order valence-electron chi connectivity index (χ1n) is 6.36. The van der Waals surface area contributed by atoms with Gasteiger partial charge in [0.25, 0.3) is 0 Å². The molecule has 0 saturated carbocycles. The highest BCUT2D eigenvalue weighted by molar-refractivity contribution is 5.51. The minimum Gasteiger partial charge on any atom is -0.497 e. The summed E-state index contributed by atoms with van der Waals surface area (Å²) in [5, 5.41) is 12.9. The highest BCUT2D eigenvalue weighted by Crippen LogP contribution is 2.28. The molecule has 0 fully saturated rings. The molecule has 0 amide bonds. The lowest BCUT2D eigenvalue weighted by Gasteiger charge is -2.30. The highest BCUT2D eigenvalue weighted by atomic mass is 19.1. The first kappa shape index (κ1) is 14.3. The van der Waals surface area contributed by atoms with E-state index in [1.807, 2.05) is 31.2 Å². The summed E-state index contributed by atoms with van der Waals surface area (Å²) in [6, 6.07) is 13.6. The summed E-state index contributed by atoms with van der Waals surface area (Å²) >= 11 is 0. The monoisotopic (exact) mass is 275 g/mol. The first-order chi connectivity index (χ1) is 9.57. The van der Waals surface area contributed by atoms with Gasteiger partial charge in [-0.05, 0) is 36.8 Å². The number of benzene rings is 2. The van der Waals surface area contributed by atoms with Crippen LogP contribution in [0, 0.1) is 5.82 Å². The van der Waals surface area contributed by atoms with Gasteiger partial charge in [0.15, 0.2) is 0 Å². The summed E-state index contributed by atoms with van der Waals surface area (Å²) < 4.78 is 18.5. The van der Waals surface area contributed by atoms with Crippen molar-refractivity contribution in [2.45, 2.75) is 12.5 Å². The van der Waals surface area contributed by atoms with E-state index in [9.17, 15) is 9.50 Å². The molecule has 1 unspecified atom stereocenters. The van der Waals surface area contributed by atoms with Crippen molar-refractivity contribution in [1.29, 1.82) is 0 Å². The Kier molecular flexibility index (Phi) is 4.25. The van der Waals surface area contributed by atoms with Crippen molar-refractivity contribution in [1.82, 2.24) is 0 Å². The molecule has 3 nitrogen and oxygen atoms in total. The van der Waals surface area contributed by atoms with Crippen molar-refractivity contribution < 1.29 is 14.2 Å². The Hall–Kier alpha value is -2.07. The van der Waals surface area contributed by atoms with Gasteiger partial charge in [0, 0.05) is 11.8 Å². The second-order valence-corrected chi connectivity index (χ2v) is 4.86. The van der Waals surface area contributed by atoms with E-state index in [0.717, 1.165) is 11.4 Å². The van der Waals surface area contributed by atoms with Crippen LogP contribution >= 0.6 is 0 Å². The standard InChI is InChI=1S/C16H18FNO2/c1-16(11-19,12-5-3-6-13(17)9-12)18-14-7-4-8-15(10-14)20-2/h3-10,18-19H,11H2,1-2H3. The third-order valence-electron chi connectivity index (χ3n) is 3.27. The van der Waals surface area contributed by atoms with Gasteiger partial charge in [0.05, 0.1) is 19.3 Å². The van der Waals surface area contributed by atoms with Crippen LogP contribution in [0.25, 0.3) is 0 Å². The van der Waals surface area contributed by atoms with E-state index in [2.05, 4.69) is 5.32 Å². The molecule has 0 saturated heterocycles. The molecule has 0 spiro atoms. The molecule has 2 N–H and O–H groups in total. The Morgan fingerprint density at radius 1 is 1.20 bits per heavy atom. The van der Waals surface area contributed by atoms with Gasteiger partial charge in [0.1, 0.15) is 11.6 Å². The number of ether oxygens (including phenoxy) is 1. The van der Waals surface area contributed by atoms with Crippen molar-refractivity contribution in [2.24, 2.45) is 0 Å². The normalized spacial score (nSPS) is 13.6. The zero-order chi connectivity index (χ0) is 14.6. The lowest BCUT2D eigenvalue weighted by Crippen LogP contribution is -2.35. The molecule has 0 bridgehead atoms. The SMILES string of the molecule is COc1cccc(NC(C)(CO)c2cccc(F)c2)c1. The molecule has 2 rings (SSSR count). The molecular formula is C16H18FNO2. The maximum Gasteiger partial charge on any atom is 0.123 e. The average molecular weight is 275 g/mol. The Labute approximate surface area is 118 Å². The number of halogens is 1. The summed E-state index contributed by atoms with van der Waals surface area (Å²) in [7, 11) is 1.59. The van der Waals surface area contributed by atoms with Gasteiger partial charge < -0.3 is 15.2 Å². The summed E-state index contributed by atoms with van der Waals surface area (Å²) in [5.74, 6) is 0.393. The lowest BCUT2D eigenvalue weighted by molar-refractivity contribution is 0.223. The van der Waals surface area contributed by atoms with E-state index in [0.29, 0.717) is 5.56 Å². The van der Waals surface area contributed by atoms with Crippen LogP contribution in [0.2, 0.25) is 0 Å². The molecular weight excluding hydrogens is 257 g/mol. The molecule has 20 heavy (non-hydrogen) atoms. The van der Waals surface area contributed by atoms with Crippen molar-refractivity contribution in [3.63, 3.8) is 0 Å². The Bertz CT molecular complexity index is 588. The largest absolute Gasteiger partial charge is 0.497 e. The number of aliphatic hydroxyl groups is 1. The molecule has 0 heterocycles. The van der Waals surface area contributed by atoms with Gasteiger partial charge in [0.2, 0.25) is 0 Å². The molecule has 0 aliphatic heterocycles. The fourth-order valence-electron chi connectivity index (χ4n) is 2.05. The number of anilines is 1. The van der Waals surface area contributed by atoms with Crippen LogP contribution in [-0.4, -0.2) is 18.8 Å². The fraction of sp³-hybridized carbons (Fsp3) is 0.250. The van der Waals surface area contributed by atoms with E-state index >= 15 is 0 Å². The van der Waals surface area contributed by atoms with Crippen LogP contribution in [0.15, 0.2) is 48.5 Å². The number of hydrogen-bond donors (Lipinski definition) is 2. The fourth-order valence-corrected chi connectivity index (χ4v) is 2.05. The average Bonchev–Trinajstić information content (AvgIpc) is 2.47. The molecule has 2 aromatic rings. The number of methoxy groups -OCH3 is 1. The summed E-state index contributed by atoms with van der Waals surface area (Å²) in [6.45, 7) is 1.66. The van der Waals surface area contributed by atoms with Crippen LogP contribution in [0.1, 0.15) is 12.5 Å². The molecule has 0 aliphatic carbocycles. The van der Waals surface area contributed by atoms with Gasteiger partial charge in [-0.1, -0.05) is 18.2 Å². The van der Waals surface area contributed by atoms with Gasteiger partial charge in [-0.15, -0.1) is 0 Å². The van der Waals surface area contributed by atoms with Gasteiger partial charge in [-0.25, -0.2) is 4.39 Å². The molecule has 0 aromatic heterocycles. The number of aliphatic hydroxyl groups excluding tert-OH is 1. The molecule has 1 atom stereocenters. The van der Waals surface area contributed by atoms with Crippen LogP contribution in [0.5, 0.6) is 5.75 Å². The Balaban J connectivity index is 2.31. The zero-order valence-electron chi connectivity index (χ0n) is 11.6. The molecule has 106 valence electrons. The number of nitrogens with one attached hydrogen (secondary N) is 1. The van der Waals surface area contributed by atoms with E-state index in [-0.39, 0.29) is 12.4 Å². The molecule has 2 aromatic carbocycles. The Morgan fingerprint density at radius 3 is 2.60 bits per heavy atom. The van der Waals surface area contributed by atoms with Crippen molar-refractivity contribution in [2.75, 3.05) is 19.0 Å². The van der Waals surface area contributed by atoms with Crippen LogP contribution < -0.4 is 10.1 Å².